The molecule has 0 amide bonds. The molecular weight excluding hydrogens is 268 g/mol. The quantitative estimate of drug-likeness (QED) is 0.733. The Balaban J connectivity index is 1.80. The molecule has 2 aromatic rings. The van der Waals surface area contributed by atoms with E-state index in [2.05, 4.69) is 50.0 Å². The lowest BCUT2D eigenvalue weighted by Gasteiger charge is -2.54. The third-order valence-corrected chi connectivity index (χ3v) is 6.88. The summed E-state index contributed by atoms with van der Waals surface area (Å²) < 4.78 is 0. The number of aromatic amines is 1. The highest BCUT2D eigenvalue weighted by molar-refractivity contribution is 5.98. The molecule has 2 aliphatic carbocycles. The van der Waals surface area contributed by atoms with Crippen molar-refractivity contribution in [3.05, 3.63) is 35.5 Å². The second-order valence-corrected chi connectivity index (χ2v) is 8.40. The van der Waals surface area contributed by atoms with E-state index in [9.17, 15) is 0 Å². The third-order valence-electron chi connectivity index (χ3n) is 6.88. The number of nitrogens with one attached hydrogen (secondary N) is 1. The molecule has 1 aromatic carbocycles. The van der Waals surface area contributed by atoms with Crippen molar-refractivity contribution in [1.29, 1.82) is 0 Å². The molecule has 2 bridgehead atoms. The minimum absolute atomic E-state index is 0.136. The Hall–Kier alpha value is -1.57. The zero-order chi connectivity index (χ0) is 15.1. The van der Waals surface area contributed by atoms with E-state index in [0.717, 1.165) is 12.3 Å². The van der Waals surface area contributed by atoms with Crippen molar-refractivity contribution in [3.8, 4) is 0 Å². The van der Waals surface area contributed by atoms with Crippen LogP contribution in [0.4, 0.5) is 0 Å². The highest BCUT2D eigenvalue weighted by atomic mass is 14.9. The molecule has 1 N–H and O–H groups in total. The smallest absolute Gasteiger partial charge is 0.0580 e. The predicted molar refractivity (Wildman–Crippen MR) is 91.7 cm³/mol. The van der Waals surface area contributed by atoms with Gasteiger partial charge in [-0.15, -0.1) is 0 Å². The first-order valence-corrected chi connectivity index (χ1v) is 8.68. The Labute approximate surface area is 132 Å². The zero-order valence-corrected chi connectivity index (χ0v) is 13.7. The molecule has 0 radical (unpaired) electrons. The summed E-state index contributed by atoms with van der Waals surface area (Å²) in [5, 5.41) is 1.41. The van der Waals surface area contributed by atoms with Crippen molar-refractivity contribution in [3.63, 3.8) is 0 Å². The van der Waals surface area contributed by atoms with E-state index in [1.807, 2.05) is 0 Å². The first kappa shape index (κ1) is 12.9. The molecule has 2 heteroatoms. The van der Waals surface area contributed by atoms with Gasteiger partial charge in [-0.3, -0.25) is 4.99 Å². The molecular formula is C20H24N2. The Bertz CT molecular complexity index is 810. The standard InChI is InChI=1S/C20H24N2/c1-19(2)12-8-9-20(3)15(10-12)17(22-19)11-14-13-6-4-5-7-16(13)21-18(14)20/h4-7,12,15,21H,8-11H2,1-3H3. The van der Waals surface area contributed by atoms with Crippen molar-refractivity contribution in [2.45, 2.75) is 57.4 Å². The largest absolute Gasteiger partial charge is 0.358 e. The predicted octanol–water partition coefficient (Wildman–Crippen LogP) is 4.63. The number of benzene rings is 1. The van der Waals surface area contributed by atoms with Crippen molar-refractivity contribution < 1.29 is 0 Å². The fourth-order valence-electron chi connectivity index (χ4n) is 5.51. The van der Waals surface area contributed by atoms with Gasteiger partial charge < -0.3 is 4.98 Å². The van der Waals surface area contributed by atoms with Gasteiger partial charge in [-0.1, -0.05) is 25.1 Å². The first-order valence-electron chi connectivity index (χ1n) is 8.68. The highest BCUT2D eigenvalue weighted by Gasteiger charge is 2.53. The fraction of sp³-hybridized carbons (Fsp3) is 0.550. The summed E-state index contributed by atoms with van der Waals surface area (Å²) in [7, 11) is 0. The maximum absolute atomic E-state index is 5.25. The average Bonchev–Trinajstić information content (AvgIpc) is 2.86. The summed E-state index contributed by atoms with van der Waals surface area (Å²) in [6, 6.07) is 8.79. The number of hydrogen-bond acceptors (Lipinski definition) is 1. The van der Waals surface area contributed by atoms with Crippen LogP contribution in [0.1, 0.15) is 51.3 Å². The monoisotopic (exact) mass is 292 g/mol. The van der Waals surface area contributed by atoms with Crippen molar-refractivity contribution in [2.75, 3.05) is 0 Å². The summed E-state index contributed by atoms with van der Waals surface area (Å²) in [5.74, 6) is 1.42. The Morgan fingerprint density at radius 2 is 2.00 bits per heavy atom. The van der Waals surface area contributed by atoms with Crippen LogP contribution >= 0.6 is 0 Å². The van der Waals surface area contributed by atoms with Crippen molar-refractivity contribution in [2.24, 2.45) is 16.8 Å². The van der Waals surface area contributed by atoms with E-state index >= 15 is 0 Å². The van der Waals surface area contributed by atoms with Gasteiger partial charge in [0.2, 0.25) is 0 Å². The zero-order valence-electron chi connectivity index (χ0n) is 13.7. The van der Waals surface area contributed by atoms with E-state index in [-0.39, 0.29) is 11.0 Å². The molecule has 114 valence electrons. The van der Waals surface area contributed by atoms with Crippen LogP contribution < -0.4 is 0 Å². The summed E-state index contributed by atoms with van der Waals surface area (Å²) in [6.45, 7) is 7.16. The van der Waals surface area contributed by atoms with Gasteiger partial charge >= 0.3 is 0 Å². The highest BCUT2D eigenvalue weighted by Crippen LogP contribution is 2.56. The molecule has 3 atom stereocenters. The van der Waals surface area contributed by atoms with Gasteiger partial charge in [-0.25, -0.2) is 0 Å². The van der Waals surface area contributed by atoms with Gasteiger partial charge in [-0.2, -0.15) is 0 Å². The van der Waals surface area contributed by atoms with Gasteiger partial charge in [0.15, 0.2) is 0 Å². The van der Waals surface area contributed by atoms with Crippen LogP contribution in [0.25, 0.3) is 10.9 Å². The van der Waals surface area contributed by atoms with Crippen molar-refractivity contribution in [1.82, 2.24) is 4.98 Å². The lowest BCUT2D eigenvalue weighted by atomic mass is 9.53. The average molecular weight is 292 g/mol. The van der Waals surface area contributed by atoms with E-state index in [1.54, 1.807) is 0 Å². The molecule has 3 aliphatic rings. The van der Waals surface area contributed by atoms with Gasteiger partial charge in [0, 0.05) is 40.1 Å². The SMILES string of the molecule is CC1(C)N=C2Cc3c([nH]c4ccccc34)C3(C)CCC1CC23. The molecule has 3 unspecified atom stereocenters. The number of fused-ring (bicyclic) bond motifs is 5. The molecule has 1 aliphatic heterocycles. The Morgan fingerprint density at radius 3 is 2.86 bits per heavy atom. The normalized spacial score (nSPS) is 35.1. The van der Waals surface area contributed by atoms with Crippen LogP contribution in [0.3, 0.4) is 0 Å². The van der Waals surface area contributed by atoms with E-state index in [0.29, 0.717) is 5.92 Å². The van der Waals surface area contributed by atoms with Gasteiger partial charge in [-0.05, 0) is 50.7 Å². The van der Waals surface area contributed by atoms with E-state index in [1.165, 1.54) is 47.1 Å². The molecule has 1 fully saturated rings. The van der Waals surface area contributed by atoms with Gasteiger partial charge in [0.25, 0.3) is 0 Å². The van der Waals surface area contributed by atoms with Crippen LogP contribution in [-0.2, 0) is 11.8 Å². The number of hydrogen-bond donors (Lipinski definition) is 1. The Morgan fingerprint density at radius 1 is 1.18 bits per heavy atom. The summed E-state index contributed by atoms with van der Waals surface area (Å²) in [4.78, 5) is 9.03. The Kier molecular flexibility index (Phi) is 2.26. The van der Waals surface area contributed by atoms with Crippen LogP contribution in [0.15, 0.2) is 29.3 Å². The number of para-hydroxylation sites is 1. The summed E-state index contributed by atoms with van der Waals surface area (Å²) in [5.41, 5.74) is 6.20. The third kappa shape index (κ3) is 1.44. The van der Waals surface area contributed by atoms with E-state index < -0.39 is 0 Å². The number of H-pyrrole nitrogens is 1. The van der Waals surface area contributed by atoms with Crippen molar-refractivity contribution >= 4 is 16.6 Å². The number of aliphatic imine (C=N–C) groups is 1. The second-order valence-electron chi connectivity index (χ2n) is 8.40. The number of aromatic nitrogens is 1. The fourth-order valence-corrected chi connectivity index (χ4v) is 5.51. The number of rotatable bonds is 0. The molecule has 22 heavy (non-hydrogen) atoms. The molecule has 1 aromatic heterocycles. The minimum atomic E-state index is 0.136. The summed E-state index contributed by atoms with van der Waals surface area (Å²) in [6.07, 6.45) is 4.99. The van der Waals surface area contributed by atoms with Crippen LogP contribution in [0, 0.1) is 11.8 Å². The molecule has 2 heterocycles. The van der Waals surface area contributed by atoms with Gasteiger partial charge in [0.1, 0.15) is 0 Å². The molecule has 2 nitrogen and oxygen atoms in total. The van der Waals surface area contributed by atoms with Crippen LogP contribution in [0.5, 0.6) is 0 Å². The molecule has 1 saturated carbocycles. The van der Waals surface area contributed by atoms with Crippen LogP contribution in [0.2, 0.25) is 0 Å². The molecule has 0 saturated heterocycles. The second kappa shape index (κ2) is 3.84. The topological polar surface area (TPSA) is 28.1 Å². The summed E-state index contributed by atoms with van der Waals surface area (Å²) >= 11 is 0. The molecule has 5 rings (SSSR count). The lowest BCUT2D eigenvalue weighted by molar-refractivity contribution is 0.125. The number of nitrogens with zero attached hydrogens (tertiary/aromatic N) is 1. The van der Waals surface area contributed by atoms with Crippen LogP contribution in [-0.4, -0.2) is 16.2 Å². The van der Waals surface area contributed by atoms with Gasteiger partial charge in [0.05, 0.1) is 5.54 Å². The van der Waals surface area contributed by atoms with E-state index in [4.69, 9.17) is 4.99 Å². The maximum atomic E-state index is 5.25. The molecule has 0 spiro atoms. The maximum Gasteiger partial charge on any atom is 0.0580 e. The lowest BCUT2D eigenvalue weighted by Crippen LogP contribution is -2.53. The first-order chi connectivity index (χ1) is 10.5. The minimum Gasteiger partial charge on any atom is -0.358 e.